The Morgan fingerprint density at radius 1 is 1.22 bits per heavy atom. The SMILES string of the molecule is O=C(O)C1CCCCC1CNCc1ccccc1. The van der Waals surface area contributed by atoms with Crippen LogP contribution in [0.25, 0.3) is 0 Å². The summed E-state index contributed by atoms with van der Waals surface area (Å²) in [5.74, 6) is -0.483. The lowest BCUT2D eigenvalue weighted by Gasteiger charge is -2.28. The second-order valence-electron chi connectivity index (χ2n) is 5.11. The molecular weight excluding hydrogens is 226 g/mol. The summed E-state index contributed by atoms with van der Waals surface area (Å²) in [6, 6.07) is 10.2. The van der Waals surface area contributed by atoms with Crippen LogP contribution in [0, 0.1) is 11.8 Å². The van der Waals surface area contributed by atoms with E-state index < -0.39 is 5.97 Å². The first kappa shape index (κ1) is 13.1. The number of hydrogen-bond acceptors (Lipinski definition) is 2. The Bertz CT molecular complexity index is 377. The number of nitrogens with one attached hydrogen (secondary N) is 1. The predicted molar refractivity (Wildman–Crippen MR) is 71.2 cm³/mol. The molecule has 1 fully saturated rings. The van der Waals surface area contributed by atoms with Gasteiger partial charge in [0.15, 0.2) is 0 Å². The number of hydrogen-bond donors (Lipinski definition) is 2. The highest BCUT2D eigenvalue weighted by molar-refractivity contribution is 5.70. The molecule has 2 unspecified atom stereocenters. The maximum Gasteiger partial charge on any atom is 0.306 e. The normalized spacial score (nSPS) is 23.8. The van der Waals surface area contributed by atoms with E-state index in [0.29, 0.717) is 5.92 Å². The molecule has 0 spiro atoms. The van der Waals surface area contributed by atoms with Gasteiger partial charge >= 0.3 is 5.97 Å². The van der Waals surface area contributed by atoms with Gasteiger partial charge < -0.3 is 10.4 Å². The van der Waals surface area contributed by atoms with E-state index in [1.54, 1.807) is 0 Å². The van der Waals surface area contributed by atoms with E-state index in [2.05, 4.69) is 17.4 Å². The monoisotopic (exact) mass is 247 g/mol. The van der Waals surface area contributed by atoms with Crippen LogP contribution in [0.3, 0.4) is 0 Å². The van der Waals surface area contributed by atoms with E-state index in [9.17, 15) is 9.90 Å². The lowest BCUT2D eigenvalue weighted by molar-refractivity contribution is -0.144. The van der Waals surface area contributed by atoms with Gasteiger partial charge in [-0.1, -0.05) is 43.2 Å². The number of carboxylic acid groups (broad SMARTS) is 1. The molecule has 0 aliphatic heterocycles. The predicted octanol–water partition coefficient (Wildman–Crippen LogP) is 2.67. The molecule has 3 nitrogen and oxygen atoms in total. The topological polar surface area (TPSA) is 49.3 Å². The average Bonchev–Trinajstić information content (AvgIpc) is 2.40. The van der Waals surface area contributed by atoms with E-state index >= 15 is 0 Å². The van der Waals surface area contributed by atoms with Gasteiger partial charge in [0.25, 0.3) is 0 Å². The molecule has 2 N–H and O–H groups in total. The van der Waals surface area contributed by atoms with Crippen molar-refractivity contribution in [1.82, 2.24) is 5.32 Å². The van der Waals surface area contributed by atoms with Crippen molar-refractivity contribution in [3.8, 4) is 0 Å². The molecule has 1 aromatic carbocycles. The fourth-order valence-corrected chi connectivity index (χ4v) is 2.77. The standard InChI is InChI=1S/C15H21NO2/c17-15(18)14-9-5-4-8-13(14)11-16-10-12-6-2-1-3-7-12/h1-3,6-7,13-14,16H,4-5,8-11H2,(H,17,18). The fraction of sp³-hybridized carbons (Fsp3) is 0.533. The summed E-state index contributed by atoms with van der Waals surface area (Å²) in [6.45, 7) is 1.63. The molecule has 1 saturated carbocycles. The minimum absolute atomic E-state index is 0.151. The molecule has 98 valence electrons. The summed E-state index contributed by atoms with van der Waals surface area (Å²) in [5, 5.41) is 12.6. The van der Waals surface area contributed by atoms with Crippen molar-refractivity contribution < 1.29 is 9.90 Å². The summed E-state index contributed by atoms with van der Waals surface area (Å²) in [7, 11) is 0. The molecule has 0 bridgehead atoms. The number of carboxylic acids is 1. The number of benzene rings is 1. The van der Waals surface area contributed by atoms with Crippen molar-refractivity contribution in [3.63, 3.8) is 0 Å². The van der Waals surface area contributed by atoms with Crippen LogP contribution in [-0.2, 0) is 11.3 Å². The summed E-state index contributed by atoms with van der Waals surface area (Å²) in [4.78, 5) is 11.2. The zero-order valence-corrected chi connectivity index (χ0v) is 10.6. The van der Waals surface area contributed by atoms with Crippen LogP contribution >= 0.6 is 0 Å². The first-order chi connectivity index (χ1) is 8.77. The van der Waals surface area contributed by atoms with Gasteiger partial charge in [-0.25, -0.2) is 0 Å². The third-order valence-corrected chi connectivity index (χ3v) is 3.80. The van der Waals surface area contributed by atoms with Crippen LogP contribution in [0.1, 0.15) is 31.2 Å². The second-order valence-corrected chi connectivity index (χ2v) is 5.11. The van der Waals surface area contributed by atoms with Crippen molar-refractivity contribution in [2.75, 3.05) is 6.54 Å². The van der Waals surface area contributed by atoms with Gasteiger partial charge in [-0.05, 0) is 30.9 Å². The van der Waals surface area contributed by atoms with Crippen LogP contribution < -0.4 is 5.32 Å². The third kappa shape index (κ3) is 3.57. The van der Waals surface area contributed by atoms with Gasteiger partial charge in [0.2, 0.25) is 0 Å². The van der Waals surface area contributed by atoms with E-state index in [1.807, 2.05) is 18.2 Å². The van der Waals surface area contributed by atoms with Crippen LogP contribution in [-0.4, -0.2) is 17.6 Å². The first-order valence-corrected chi connectivity index (χ1v) is 6.75. The summed E-state index contributed by atoms with van der Waals surface area (Å²) in [6.07, 6.45) is 4.11. The first-order valence-electron chi connectivity index (χ1n) is 6.75. The summed E-state index contributed by atoms with van der Waals surface area (Å²) in [5.41, 5.74) is 1.25. The number of carbonyl (C=O) groups is 1. The van der Waals surface area contributed by atoms with Gasteiger partial charge in [0, 0.05) is 6.54 Å². The van der Waals surface area contributed by atoms with E-state index in [1.165, 1.54) is 12.0 Å². The molecular formula is C15H21NO2. The van der Waals surface area contributed by atoms with Crippen molar-refractivity contribution in [2.24, 2.45) is 11.8 Å². The van der Waals surface area contributed by atoms with Gasteiger partial charge in [0.1, 0.15) is 0 Å². The van der Waals surface area contributed by atoms with Crippen LogP contribution in [0.15, 0.2) is 30.3 Å². The highest BCUT2D eigenvalue weighted by atomic mass is 16.4. The molecule has 1 aromatic rings. The summed E-state index contributed by atoms with van der Waals surface area (Å²) >= 11 is 0. The molecule has 0 saturated heterocycles. The van der Waals surface area contributed by atoms with Crippen molar-refractivity contribution >= 4 is 5.97 Å². The van der Waals surface area contributed by atoms with E-state index in [0.717, 1.165) is 32.4 Å². The Hall–Kier alpha value is -1.35. The molecule has 3 heteroatoms. The Morgan fingerprint density at radius 3 is 2.67 bits per heavy atom. The highest BCUT2D eigenvalue weighted by Crippen LogP contribution is 2.29. The quantitative estimate of drug-likeness (QED) is 0.841. The molecule has 0 amide bonds. The van der Waals surface area contributed by atoms with Gasteiger partial charge in [-0.15, -0.1) is 0 Å². The Morgan fingerprint density at radius 2 is 1.94 bits per heavy atom. The Labute approximate surface area is 108 Å². The Balaban J connectivity index is 1.79. The molecule has 1 aliphatic rings. The minimum Gasteiger partial charge on any atom is -0.481 e. The molecule has 2 atom stereocenters. The van der Waals surface area contributed by atoms with Crippen LogP contribution in [0.5, 0.6) is 0 Å². The minimum atomic E-state index is -0.624. The number of aliphatic carboxylic acids is 1. The molecule has 0 radical (unpaired) electrons. The Kier molecular flexibility index (Phi) is 4.76. The lowest BCUT2D eigenvalue weighted by atomic mass is 9.79. The molecule has 0 aromatic heterocycles. The molecule has 0 heterocycles. The van der Waals surface area contributed by atoms with E-state index in [4.69, 9.17) is 0 Å². The number of rotatable bonds is 5. The highest BCUT2D eigenvalue weighted by Gasteiger charge is 2.30. The maximum atomic E-state index is 11.2. The van der Waals surface area contributed by atoms with Crippen LogP contribution in [0.2, 0.25) is 0 Å². The van der Waals surface area contributed by atoms with Gasteiger partial charge in [-0.3, -0.25) is 4.79 Å². The third-order valence-electron chi connectivity index (χ3n) is 3.80. The van der Waals surface area contributed by atoms with Gasteiger partial charge in [0.05, 0.1) is 5.92 Å². The molecule has 1 aliphatic carbocycles. The lowest BCUT2D eigenvalue weighted by Crippen LogP contribution is -2.34. The largest absolute Gasteiger partial charge is 0.481 e. The van der Waals surface area contributed by atoms with Crippen molar-refractivity contribution in [2.45, 2.75) is 32.2 Å². The summed E-state index contributed by atoms with van der Waals surface area (Å²) < 4.78 is 0. The van der Waals surface area contributed by atoms with Crippen LogP contribution in [0.4, 0.5) is 0 Å². The fourth-order valence-electron chi connectivity index (χ4n) is 2.77. The zero-order chi connectivity index (χ0) is 12.8. The zero-order valence-electron chi connectivity index (χ0n) is 10.6. The second kappa shape index (κ2) is 6.55. The maximum absolute atomic E-state index is 11.2. The molecule has 18 heavy (non-hydrogen) atoms. The average molecular weight is 247 g/mol. The van der Waals surface area contributed by atoms with E-state index in [-0.39, 0.29) is 5.92 Å². The smallest absolute Gasteiger partial charge is 0.306 e. The van der Waals surface area contributed by atoms with Crippen molar-refractivity contribution in [1.29, 1.82) is 0 Å². The van der Waals surface area contributed by atoms with Gasteiger partial charge in [-0.2, -0.15) is 0 Å². The van der Waals surface area contributed by atoms with Crippen molar-refractivity contribution in [3.05, 3.63) is 35.9 Å². The molecule has 2 rings (SSSR count).